The van der Waals surface area contributed by atoms with Crippen molar-refractivity contribution >= 4 is 32.6 Å². The number of hydrogen-bond donors (Lipinski definition) is 1. The van der Waals surface area contributed by atoms with Gasteiger partial charge in [0.1, 0.15) is 0 Å². The van der Waals surface area contributed by atoms with E-state index in [2.05, 4.69) is 39.4 Å². The zero-order valence-electron chi connectivity index (χ0n) is 11.8. The first-order chi connectivity index (χ1) is 9.97. The molecule has 1 atom stereocenters. The fraction of sp³-hybridized carbons (Fsp3) is 0.250. The average Bonchev–Trinajstić information content (AvgIpc) is 2.46. The van der Waals surface area contributed by atoms with Crippen LogP contribution in [-0.4, -0.2) is 14.5 Å². The van der Waals surface area contributed by atoms with Gasteiger partial charge in [-0.1, -0.05) is 30.3 Å². The van der Waals surface area contributed by atoms with E-state index in [0.29, 0.717) is 4.90 Å². The molecule has 0 aromatic heterocycles. The normalized spacial score (nSPS) is 13.0. The Labute approximate surface area is 140 Å². The van der Waals surface area contributed by atoms with Crippen molar-refractivity contribution in [3.8, 4) is 0 Å². The molecule has 112 valence electrons. The van der Waals surface area contributed by atoms with Crippen LogP contribution in [0.15, 0.2) is 59.5 Å². The maximum Gasteiger partial charge on any atom is 0.240 e. The predicted octanol–water partition coefficient (Wildman–Crippen LogP) is 3.59. The zero-order chi connectivity index (χ0) is 15.3. The molecule has 1 unspecified atom stereocenters. The lowest BCUT2D eigenvalue weighted by atomic mass is 10.1. The van der Waals surface area contributed by atoms with Crippen LogP contribution in [0.25, 0.3) is 0 Å². The number of aryl methyl sites for hydroxylation is 1. The molecule has 0 radical (unpaired) electrons. The molecule has 2 rings (SSSR count). The Morgan fingerprint density at radius 1 is 1.05 bits per heavy atom. The van der Waals surface area contributed by atoms with Crippen molar-refractivity contribution in [1.82, 2.24) is 4.72 Å². The van der Waals surface area contributed by atoms with Crippen LogP contribution in [0.4, 0.5) is 0 Å². The Morgan fingerprint density at radius 3 is 2.29 bits per heavy atom. The highest BCUT2D eigenvalue weighted by atomic mass is 127. The summed E-state index contributed by atoms with van der Waals surface area (Å²) in [7, 11) is -3.43. The molecule has 0 saturated carbocycles. The van der Waals surface area contributed by atoms with E-state index in [1.54, 1.807) is 24.3 Å². The second-order valence-electron chi connectivity index (χ2n) is 5.00. The molecular formula is C16H18INO2S. The van der Waals surface area contributed by atoms with Crippen LogP contribution in [0.1, 0.15) is 18.9 Å². The van der Waals surface area contributed by atoms with Gasteiger partial charge in [0.25, 0.3) is 0 Å². The second kappa shape index (κ2) is 7.38. The molecule has 2 aromatic rings. The summed E-state index contributed by atoms with van der Waals surface area (Å²) in [4.78, 5) is 0.314. The summed E-state index contributed by atoms with van der Waals surface area (Å²) in [5.41, 5.74) is 1.22. The predicted molar refractivity (Wildman–Crippen MR) is 93.7 cm³/mol. The molecule has 5 heteroatoms. The van der Waals surface area contributed by atoms with Gasteiger partial charge in [-0.05, 0) is 72.2 Å². The van der Waals surface area contributed by atoms with Crippen LogP contribution in [0, 0.1) is 3.57 Å². The number of sulfonamides is 1. The van der Waals surface area contributed by atoms with Gasteiger partial charge >= 0.3 is 0 Å². The summed E-state index contributed by atoms with van der Waals surface area (Å²) in [6, 6.07) is 16.8. The van der Waals surface area contributed by atoms with Crippen molar-refractivity contribution in [2.75, 3.05) is 0 Å². The lowest BCUT2D eigenvalue weighted by Crippen LogP contribution is -2.32. The molecule has 0 amide bonds. The molecule has 0 aliphatic rings. The molecule has 2 aromatic carbocycles. The summed E-state index contributed by atoms with van der Waals surface area (Å²) < 4.78 is 28.3. The van der Waals surface area contributed by atoms with Gasteiger partial charge in [-0.15, -0.1) is 0 Å². The molecule has 21 heavy (non-hydrogen) atoms. The number of rotatable bonds is 6. The van der Waals surface area contributed by atoms with Crippen molar-refractivity contribution in [2.24, 2.45) is 0 Å². The van der Waals surface area contributed by atoms with Gasteiger partial charge in [0.2, 0.25) is 10.0 Å². The summed E-state index contributed by atoms with van der Waals surface area (Å²) >= 11 is 2.15. The minimum atomic E-state index is -3.43. The van der Waals surface area contributed by atoms with E-state index in [9.17, 15) is 8.42 Å². The first kappa shape index (κ1) is 16.5. The molecule has 0 heterocycles. The van der Waals surface area contributed by atoms with E-state index in [4.69, 9.17) is 0 Å². The summed E-state index contributed by atoms with van der Waals surface area (Å²) in [6.07, 6.45) is 1.63. The highest BCUT2D eigenvalue weighted by molar-refractivity contribution is 14.1. The zero-order valence-corrected chi connectivity index (χ0v) is 14.8. The van der Waals surface area contributed by atoms with E-state index >= 15 is 0 Å². The third-order valence-electron chi connectivity index (χ3n) is 3.19. The van der Waals surface area contributed by atoms with Crippen molar-refractivity contribution in [1.29, 1.82) is 0 Å². The summed E-state index contributed by atoms with van der Waals surface area (Å²) in [5, 5.41) is 0. The highest BCUT2D eigenvalue weighted by Crippen LogP contribution is 2.13. The quantitative estimate of drug-likeness (QED) is 0.734. The van der Waals surface area contributed by atoms with Crippen LogP contribution in [0.3, 0.4) is 0 Å². The minimum absolute atomic E-state index is 0.102. The lowest BCUT2D eigenvalue weighted by Gasteiger charge is -2.14. The molecule has 0 spiro atoms. The Balaban J connectivity index is 1.95. The van der Waals surface area contributed by atoms with Crippen molar-refractivity contribution in [3.63, 3.8) is 0 Å². The van der Waals surface area contributed by atoms with E-state index in [-0.39, 0.29) is 6.04 Å². The van der Waals surface area contributed by atoms with Gasteiger partial charge < -0.3 is 0 Å². The SMILES string of the molecule is CC(CCc1ccccc1)NS(=O)(=O)c1ccc(I)cc1. The molecule has 1 N–H and O–H groups in total. The molecule has 0 bridgehead atoms. The Bertz CT molecular complexity index is 669. The number of benzene rings is 2. The third kappa shape index (κ3) is 5.09. The van der Waals surface area contributed by atoms with Gasteiger partial charge in [0, 0.05) is 9.61 Å². The van der Waals surface area contributed by atoms with Crippen LogP contribution in [0.2, 0.25) is 0 Å². The smallest absolute Gasteiger partial charge is 0.208 e. The molecule has 0 aliphatic carbocycles. The fourth-order valence-corrected chi connectivity index (χ4v) is 3.67. The third-order valence-corrected chi connectivity index (χ3v) is 5.51. The van der Waals surface area contributed by atoms with E-state index in [1.807, 2.05) is 25.1 Å². The number of nitrogens with one attached hydrogen (secondary N) is 1. The molecule has 0 fully saturated rings. The lowest BCUT2D eigenvalue weighted by molar-refractivity contribution is 0.547. The molecule has 3 nitrogen and oxygen atoms in total. The maximum atomic E-state index is 12.3. The minimum Gasteiger partial charge on any atom is -0.208 e. The molecular weight excluding hydrogens is 397 g/mol. The monoisotopic (exact) mass is 415 g/mol. The van der Waals surface area contributed by atoms with Gasteiger partial charge in [-0.3, -0.25) is 0 Å². The standard InChI is InChI=1S/C16H18INO2S/c1-13(7-8-14-5-3-2-4-6-14)18-21(19,20)16-11-9-15(17)10-12-16/h2-6,9-13,18H,7-8H2,1H3. The van der Waals surface area contributed by atoms with Crippen LogP contribution >= 0.6 is 22.6 Å². The molecule has 0 saturated heterocycles. The first-order valence-corrected chi connectivity index (χ1v) is 9.35. The van der Waals surface area contributed by atoms with Crippen molar-refractivity contribution in [2.45, 2.75) is 30.7 Å². The van der Waals surface area contributed by atoms with Gasteiger partial charge in [-0.2, -0.15) is 0 Å². The van der Waals surface area contributed by atoms with Crippen molar-refractivity contribution in [3.05, 3.63) is 63.7 Å². The van der Waals surface area contributed by atoms with Crippen molar-refractivity contribution < 1.29 is 8.42 Å². The van der Waals surface area contributed by atoms with E-state index in [0.717, 1.165) is 16.4 Å². The second-order valence-corrected chi connectivity index (χ2v) is 7.96. The first-order valence-electron chi connectivity index (χ1n) is 6.79. The topological polar surface area (TPSA) is 46.2 Å². The highest BCUT2D eigenvalue weighted by Gasteiger charge is 2.16. The maximum absolute atomic E-state index is 12.3. The average molecular weight is 415 g/mol. The van der Waals surface area contributed by atoms with E-state index in [1.165, 1.54) is 5.56 Å². The summed E-state index contributed by atoms with van der Waals surface area (Å²) in [5.74, 6) is 0. The number of halogens is 1. The Kier molecular flexibility index (Phi) is 5.78. The summed E-state index contributed by atoms with van der Waals surface area (Å²) in [6.45, 7) is 1.90. The van der Waals surface area contributed by atoms with Gasteiger partial charge in [-0.25, -0.2) is 13.1 Å². The number of hydrogen-bond acceptors (Lipinski definition) is 2. The molecule has 0 aliphatic heterocycles. The van der Waals surface area contributed by atoms with Gasteiger partial charge in [0.15, 0.2) is 0 Å². The van der Waals surface area contributed by atoms with Crippen LogP contribution in [0.5, 0.6) is 0 Å². The Morgan fingerprint density at radius 2 is 1.67 bits per heavy atom. The fourth-order valence-electron chi connectivity index (χ4n) is 2.03. The van der Waals surface area contributed by atoms with Crippen LogP contribution < -0.4 is 4.72 Å². The van der Waals surface area contributed by atoms with E-state index < -0.39 is 10.0 Å². The van der Waals surface area contributed by atoms with Gasteiger partial charge in [0.05, 0.1) is 4.90 Å². The Hall–Kier alpha value is -0.920. The largest absolute Gasteiger partial charge is 0.240 e. The van der Waals surface area contributed by atoms with Crippen LogP contribution in [-0.2, 0) is 16.4 Å².